The van der Waals surface area contributed by atoms with Gasteiger partial charge in [-0.05, 0) is 42.0 Å². The lowest BCUT2D eigenvalue weighted by molar-refractivity contribution is 0.344. The normalized spacial score (nSPS) is 10.4. The number of nitrogen functional groups attached to an aromatic ring is 1. The van der Waals surface area contributed by atoms with Crippen molar-refractivity contribution in [3.05, 3.63) is 59.1 Å². The molecule has 19 heavy (non-hydrogen) atoms. The van der Waals surface area contributed by atoms with Crippen molar-refractivity contribution in [3.8, 4) is 5.75 Å². The first kappa shape index (κ1) is 14.1. The van der Waals surface area contributed by atoms with Crippen LogP contribution in [0.2, 0.25) is 5.02 Å². The molecule has 0 aliphatic carbocycles. The average Bonchev–Trinajstić information content (AvgIpc) is 2.43. The summed E-state index contributed by atoms with van der Waals surface area (Å²) in [5.74, 6) is 2.79. The van der Waals surface area contributed by atoms with E-state index in [-0.39, 0.29) is 0 Å². The first-order valence-electron chi connectivity index (χ1n) is 6.04. The van der Waals surface area contributed by atoms with Gasteiger partial charge >= 0.3 is 0 Å². The number of hydrogen-bond donors (Lipinski definition) is 1. The first-order valence-corrected chi connectivity index (χ1v) is 7.58. The molecule has 0 atom stereocenters. The third-order valence-electron chi connectivity index (χ3n) is 2.56. The van der Waals surface area contributed by atoms with Gasteiger partial charge in [-0.2, -0.15) is 11.8 Å². The van der Waals surface area contributed by atoms with Crippen molar-refractivity contribution in [2.75, 3.05) is 18.1 Å². The maximum Gasteiger partial charge on any atom is 0.119 e. The van der Waals surface area contributed by atoms with Crippen LogP contribution in [0.4, 0.5) is 5.69 Å². The maximum atomic E-state index is 5.84. The third kappa shape index (κ3) is 5.05. The Kier molecular flexibility index (Phi) is 5.43. The second-order valence-electron chi connectivity index (χ2n) is 4.10. The Morgan fingerprint density at radius 3 is 2.37 bits per heavy atom. The van der Waals surface area contributed by atoms with Crippen LogP contribution in [0.3, 0.4) is 0 Å². The molecule has 0 amide bonds. The Morgan fingerprint density at radius 1 is 1.00 bits per heavy atom. The summed E-state index contributed by atoms with van der Waals surface area (Å²) in [5.41, 5.74) is 7.64. The quantitative estimate of drug-likeness (QED) is 0.639. The molecule has 0 aliphatic heterocycles. The molecule has 0 fully saturated rings. The number of nitrogens with two attached hydrogens (primary N) is 1. The Morgan fingerprint density at radius 2 is 1.68 bits per heavy atom. The third-order valence-corrected chi connectivity index (χ3v) is 3.80. The molecule has 0 spiro atoms. The van der Waals surface area contributed by atoms with Gasteiger partial charge in [0.2, 0.25) is 0 Å². The van der Waals surface area contributed by atoms with Crippen molar-refractivity contribution in [1.29, 1.82) is 0 Å². The lowest BCUT2D eigenvalue weighted by Gasteiger charge is -2.06. The highest BCUT2D eigenvalue weighted by Gasteiger charge is 1.96. The highest BCUT2D eigenvalue weighted by Crippen LogP contribution is 2.16. The van der Waals surface area contributed by atoms with Crippen molar-refractivity contribution in [1.82, 2.24) is 0 Å². The summed E-state index contributed by atoms with van der Waals surface area (Å²) in [7, 11) is 0. The summed E-state index contributed by atoms with van der Waals surface area (Å²) in [4.78, 5) is 0. The number of thioether (sulfide) groups is 1. The Balaban J connectivity index is 1.64. The van der Waals surface area contributed by atoms with Crippen LogP contribution in [0.5, 0.6) is 5.75 Å². The van der Waals surface area contributed by atoms with Crippen LogP contribution in [0.25, 0.3) is 0 Å². The van der Waals surface area contributed by atoms with E-state index in [1.807, 2.05) is 48.2 Å². The molecule has 0 aromatic heterocycles. The minimum atomic E-state index is 0.697. The zero-order valence-electron chi connectivity index (χ0n) is 10.5. The van der Waals surface area contributed by atoms with E-state index in [2.05, 4.69) is 12.1 Å². The summed E-state index contributed by atoms with van der Waals surface area (Å²) in [6, 6.07) is 15.4. The van der Waals surface area contributed by atoms with Gasteiger partial charge in [-0.3, -0.25) is 0 Å². The van der Waals surface area contributed by atoms with Crippen molar-refractivity contribution < 1.29 is 4.74 Å². The van der Waals surface area contributed by atoms with E-state index < -0.39 is 0 Å². The van der Waals surface area contributed by atoms with Crippen LogP contribution in [0, 0.1) is 0 Å². The molecular weight excluding hydrogens is 278 g/mol. The maximum absolute atomic E-state index is 5.84. The Hall–Kier alpha value is -1.32. The summed E-state index contributed by atoms with van der Waals surface area (Å²) in [6.45, 7) is 0.697. The Labute approximate surface area is 122 Å². The largest absolute Gasteiger partial charge is 0.493 e. The van der Waals surface area contributed by atoms with E-state index in [0.717, 1.165) is 28.0 Å². The van der Waals surface area contributed by atoms with E-state index in [1.165, 1.54) is 5.56 Å². The molecule has 0 radical (unpaired) electrons. The van der Waals surface area contributed by atoms with Gasteiger partial charge in [-0.15, -0.1) is 0 Å². The molecule has 100 valence electrons. The minimum absolute atomic E-state index is 0.697. The van der Waals surface area contributed by atoms with Crippen molar-refractivity contribution in [3.63, 3.8) is 0 Å². The molecule has 0 heterocycles. The van der Waals surface area contributed by atoms with Crippen LogP contribution in [-0.2, 0) is 5.75 Å². The number of hydrogen-bond acceptors (Lipinski definition) is 3. The van der Waals surface area contributed by atoms with Gasteiger partial charge in [0.05, 0.1) is 6.61 Å². The highest BCUT2D eigenvalue weighted by molar-refractivity contribution is 7.98. The van der Waals surface area contributed by atoms with Gasteiger partial charge in [0.1, 0.15) is 5.75 Å². The molecule has 2 rings (SSSR count). The summed E-state index contributed by atoms with van der Waals surface area (Å²) >= 11 is 7.68. The van der Waals surface area contributed by atoms with Gasteiger partial charge in [0, 0.05) is 22.2 Å². The molecule has 0 bridgehead atoms. The fourth-order valence-corrected chi connectivity index (χ4v) is 2.45. The molecule has 2 aromatic rings. The van der Waals surface area contributed by atoms with Gasteiger partial charge < -0.3 is 10.5 Å². The fraction of sp³-hybridized carbons (Fsp3) is 0.200. The monoisotopic (exact) mass is 293 g/mol. The standard InChI is InChI=1S/C15H16ClNOS/c16-13-3-1-12(2-4-13)11-19-10-9-18-15-7-5-14(17)6-8-15/h1-8H,9-11,17H2. The van der Waals surface area contributed by atoms with E-state index in [0.29, 0.717) is 6.61 Å². The molecule has 4 heteroatoms. The second-order valence-corrected chi connectivity index (χ2v) is 5.64. The van der Waals surface area contributed by atoms with Crippen LogP contribution in [0.1, 0.15) is 5.56 Å². The lowest BCUT2D eigenvalue weighted by atomic mass is 10.2. The van der Waals surface area contributed by atoms with Gasteiger partial charge in [0.25, 0.3) is 0 Å². The van der Waals surface area contributed by atoms with Crippen LogP contribution >= 0.6 is 23.4 Å². The van der Waals surface area contributed by atoms with E-state index in [1.54, 1.807) is 0 Å². The SMILES string of the molecule is Nc1ccc(OCCSCc2ccc(Cl)cc2)cc1. The number of anilines is 1. The van der Waals surface area contributed by atoms with Gasteiger partial charge in [0.15, 0.2) is 0 Å². The second kappa shape index (κ2) is 7.31. The molecular formula is C15H16ClNOS. The number of benzene rings is 2. The predicted molar refractivity (Wildman–Crippen MR) is 84.0 cm³/mol. The van der Waals surface area contributed by atoms with E-state index >= 15 is 0 Å². The van der Waals surface area contributed by atoms with Crippen LogP contribution in [-0.4, -0.2) is 12.4 Å². The van der Waals surface area contributed by atoms with Crippen molar-refractivity contribution >= 4 is 29.1 Å². The Bertz CT molecular complexity index is 451. The average molecular weight is 294 g/mol. The molecule has 2 aromatic carbocycles. The molecule has 0 saturated heterocycles. The minimum Gasteiger partial charge on any atom is -0.493 e. The zero-order chi connectivity index (χ0) is 13.5. The predicted octanol–water partition coefficient (Wildman–Crippen LogP) is 4.23. The molecule has 0 aliphatic rings. The van der Waals surface area contributed by atoms with Gasteiger partial charge in [-0.1, -0.05) is 23.7 Å². The fourth-order valence-electron chi connectivity index (χ4n) is 1.55. The molecule has 0 unspecified atom stereocenters. The van der Waals surface area contributed by atoms with E-state index in [9.17, 15) is 0 Å². The topological polar surface area (TPSA) is 35.2 Å². The number of ether oxygens (including phenoxy) is 1. The summed E-state index contributed by atoms with van der Waals surface area (Å²) in [6.07, 6.45) is 0. The lowest BCUT2D eigenvalue weighted by Crippen LogP contribution is -2.00. The van der Waals surface area contributed by atoms with E-state index in [4.69, 9.17) is 22.1 Å². The summed E-state index contributed by atoms with van der Waals surface area (Å²) < 4.78 is 5.62. The first-order chi connectivity index (χ1) is 9.24. The van der Waals surface area contributed by atoms with Crippen molar-refractivity contribution in [2.45, 2.75) is 5.75 Å². The number of rotatable bonds is 6. The van der Waals surface area contributed by atoms with Gasteiger partial charge in [-0.25, -0.2) is 0 Å². The highest BCUT2D eigenvalue weighted by atomic mass is 35.5. The number of halogens is 1. The van der Waals surface area contributed by atoms with Crippen LogP contribution < -0.4 is 10.5 Å². The molecule has 0 saturated carbocycles. The molecule has 2 N–H and O–H groups in total. The molecule has 2 nitrogen and oxygen atoms in total. The summed E-state index contributed by atoms with van der Waals surface area (Å²) in [5, 5.41) is 0.778. The van der Waals surface area contributed by atoms with Crippen LogP contribution in [0.15, 0.2) is 48.5 Å². The smallest absolute Gasteiger partial charge is 0.119 e. The van der Waals surface area contributed by atoms with Crippen molar-refractivity contribution in [2.24, 2.45) is 0 Å². The zero-order valence-corrected chi connectivity index (χ0v) is 12.1.